The molecule has 1 aromatic rings. The van der Waals surface area contributed by atoms with Crippen LogP contribution in [0.25, 0.3) is 0 Å². The molecule has 0 aliphatic carbocycles. The number of pyridine rings is 1. The minimum atomic E-state index is -0.176. The lowest BCUT2D eigenvalue weighted by Crippen LogP contribution is -2.21. The first-order chi connectivity index (χ1) is 7.99. The smallest absolute Gasteiger partial charge is 0.223 e. The third-order valence-corrected chi connectivity index (χ3v) is 2.04. The maximum atomic E-state index is 11.6. The van der Waals surface area contributed by atoms with Crippen molar-refractivity contribution in [2.75, 3.05) is 6.61 Å². The van der Waals surface area contributed by atoms with Crippen LogP contribution in [0.3, 0.4) is 0 Å². The molecule has 1 heterocycles. The van der Waals surface area contributed by atoms with E-state index in [1.54, 1.807) is 0 Å². The van der Waals surface area contributed by atoms with E-state index < -0.39 is 0 Å². The molecule has 0 radical (unpaired) electrons. The van der Waals surface area contributed by atoms with Gasteiger partial charge in [0.1, 0.15) is 0 Å². The molecule has 0 atom stereocenters. The molecule has 0 saturated carbocycles. The van der Waals surface area contributed by atoms with Crippen molar-refractivity contribution in [1.29, 1.82) is 0 Å². The summed E-state index contributed by atoms with van der Waals surface area (Å²) in [6, 6.07) is 1.44. The number of hydrogen-bond acceptors (Lipinski definition) is 3. The van der Waals surface area contributed by atoms with E-state index in [1.165, 1.54) is 19.2 Å². The Kier molecular flexibility index (Phi) is 4.75. The summed E-state index contributed by atoms with van der Waals surface area (Å²) in [7, 11) is 0. The average molecular weight is 238 g/mol. The summed E-state index contributed by atoms with van der Waals surface area (Å²) in [5.41, 5.74) is 0.479. The summed E-state index contributed by atoms with van der Waals surface area (Å²) in [6.45, 7) is 6.28. The predicted octanol–water partition coefficient (Wildman–Crippen LogP) is 1.05. The van der Waals surface area contributed by atoms with Crippen molar-refractivity contribution < 1.29 is 9.53 Å². The third-order valence-electron chi connectivity index (χ3n) is 2.04. The van der Waals surface area contributed by atoms with Gasteiger partial charge >= 0.3 is 0 Å². The second-order valence-corrected chi connectivity index (χ2v) is 4.30. The van der Waals surface area contributed by atoms with Crippen molar-refractivity contribution in [2.24, 2.45) is 5.92 Å². The fraction of sp³-hybridized carbons (Fsp3) is 0.500. The monoisotopic (exact) mass is 238 g/mol. The van der Waals surface area contributed by atoms with Crippen molar-refractivity contribution in [3.63, 3.8) is 0 Å². The Morgan fingerprint density at radius 1 is 1.53 bits per heavy atom. The Morgan fingerprint density at radius 2 is 2.24 bits per heavy atom. The highest BCUT2D eigenvalue weighted by atomic mass is 16.5. The Balaban J connectivity index is 2.66. The number of nitrogens with one attached hydrogen (secondary N) is 2. The van der Waals surface area contributed by atoms with Gasteiger partial charge in [0.25, 0.3) is 0 Å². The predicted molar refractivity (Wildman–Crippen MR) is 64.9 cm³/mol. The Morgan fingerprint density at radius 3 is 2.76 bits per heavy atom. The maximum absolute atomic E-state index is 11.6. The van der Waals surface area contributed by atoms with Gasteiger partial charge in [0.15, 0.2) is 5.75 Å². The van der Waals surface area contributed by atoms with E-state index in [1.807, 2.05) is 13.8 Å². The standard InChI is InChI=1S/C12H18N2O3/c1-8(2)7-17-12-6-14-10(4-11(12)16)5-13-9(3)15/h4,6,8H,5,7H2,1-3H3,(H,13,15)(H,14,16). The van der Waals surface area contributed by atoms with Crippen molar-refractivity contribution in [1.82, 2.24) is 10.3 Å². The molecule has 0 unspecified atom stereocenters. The number of ether oxygens (including phenoxy) is 1. The molecular formula is C12H18N2O3. The molecule has 5 heteroatoms. The third kappa shape index (κ3) is 4.72. The maximum Gasteiger partial charge on any atom is 0.223 e. The van der Waals surface area contributed by atoms with Gasteiger partial charge in [-0.2, -0.15) is 0 Å². The van der Waals surface area contributed by atoms with Gasteiger partial charge in [-0.15, -0.1) is 0 Å². The van der Waals surface area contributed by atoms with Gasteiger partial charge < -0.3 is 15.0 Å². The van der Waals surface area contributed by atoms with Crippen LogP contribution in [0.2, 0.25) is 0 Å². The molecular weight excluding hydrogens is 220 g/mol. The fourth-order valence-corrected chi connectivity index (χ4v) is 1.19. The van der Waals surface area contributed by atoms with E-state index in [0.29, 0.717) is 30.5 Å². The summed E-state index contributed by atoms with van der Waals surface area (Å²) >= 11 is 0. The lowest BCUT2D eigenvalue weighted by molar-refractivity contribution is -0.119. The van der Waals surface area contributed by atoms with Crippen LogP contribution in [-0.2, 0) is 11.3 Å². The lowest BCUT2D eigenvalue weighted by Gasteiger charge is -2.08. The molecule has 0 bridgehead atoms. The molecule has 0 aromatic carbocycles. The number of carbonyl (C=O) groups is 1. The van der Waals surface area contributed by atoms with Crippen LogP contribution >= 0.6 is 0 Å². The highest BCUT2D eigenvalue weighted by Crippen LogP contribution is 2.04. The van der Waals surface area contributed by atoms with Gasteiger partial charge in [0.05, 0.1) is 13.2 Å². The molecule has 5 nitrogen and oxygen atoms in total. The first-order valence-electron chi connectivity index (χ1n) is 5.58. The molecule has 1 aromatic heterocycles. The van der Waals surface area contributed by atoms with Crippen molar-refractivity contribution in [3.05, 3.63) is 28.2 Å². The summed E-state index contributed by atoms with van der Waals surface area (Å²) < 4.78 is 5.35. The second-order valence-electron chi connectivity index (χ2n) is 4.30. The molecule has 1 amide bonds. The Bertz CT molecular complexity index is 438. The SMILES string of the molecule is CC(=O)NCc1cc(=O)c(OCC(C)C)c[nH]1. The average Bonchev–Trinajstić information content (AvgIpc) is 2.24. The number of aromatic amines is 1. The van der Waals surface area contributed by atoms with Gasteiger partial charge in [-0.1, -0.05) is 13.8 Å². The van der Waals surface area contributed by atoms with E-state index in [2.05, 4.69) is 10.3 Å². The van der Waals surface area contributed by atoms with Crippen molar-refractivity contribution >= 4 is 5.91 Å². The zero-order chi connectivity index (χ0) is 12.8. The van der Waals surface area contributed by atoms with Gasteiger partial charge in [-0.05, 0) is 5.92 Å². The van der Waals surface area contributed by atoms with Crippen molar-refractivity contribution in [3.8, 4) is 5.75 Å². The molecule has 94 valence electrons. The Hall–Kier alpha value is -1.78. The summed E-state index contributed by atoms with van der Waals surface area (Å²) in [5, 5.41) is 2.61. The molecule has 0 aliphatic rings. The zero-order valence-electron chi connectivity index (χ0n) is 10.4. The van der Waals surface area contributed by atoms with Gasteiger partial charge in [0.2, 0.25) is 11.3 Å². The van der Waals surface area contributed by atoms with E-state index in [-0.39, 0.29) is 11.3 Å². The van der Waals surface area contributed by atoms with E-state index in [4.69, 9.17) is 4.74 Å². The topological polar surface area (TPSA) is 71.2 Å². The van der Waals surface area contributed by atoms with Gasteiger partial charge in [0, 0.05) is 24.9 Å². The van der Waals surface area contributed by atoms with Crippen molar-refractivity contribution in [2.45, 2.75) is 27.3 Å². The number of aromatic nitrogens is 1. The lowest BCUT2D eigenvalue weighted by atomic mass is 10.2. The van der Waals surface area contributed by atoms with Crippen LogP contribution in [0.4, 0.5) is 0 Å². The fourth-order valence-electron chi connectivity index (χ4n) is 1.19. The molecule has 17 heavy (non-hydrogen) atoms. The first-order valence-corrected chi connectivity index (χ1v) is 5.58. The van der Waals surface area contributed by atoms with Crippen LogP contribution in [0.5, 0.6) is 5.75 Å². The molecule has 0 saturated heterocycles. The number of H-pyrrole nitrogens is 1. The summed E-state index contributed by atoms with van der Waals surface area (Å²) in [6.07, 6.45) is 1.53. The van der Waals surface area contributed by atoms with Crippen LogP contribution in [0, 0.1) is 5.92 Å². The van der Waals surface area contributed by atoms with E-state index in [9.17, 15) is 9.59 Å². The number of carbonyl (C=O) groups excluding carboxylic acids is 1. The minimum Gasteiger partial charge on any atom is -0.488 e. The molecule has 2 N–H and O–H groups in total. The summed E-state index contributed by atoms with van der Waals surface area (Å²) in [4.78, 5) is 25.3. The molecule has 1 rings (SSSR count). The van der Waals surface area contributed by atoms with Crippen LogP contribution in [-0.4, -0.2) is 17.5 Å². The normalized spacial score (nSPS) is 10.4. The number of rotatable bonds is 5. The van der Waals surface area contributed by atoms with E-state index >= 15 is 0 Å². The molecule has 0 spiro atoms. The molecule has 0 fully saturated rings. The highest BCUT2D eigenvalue weighted by Gasteiger charge is 2.04. The number of amides is 1. The zero-order valence-corrected chi connectivity index (χ0v) is 10.4. The Labute approximate surface area is 100 Å². The largest absolute Gasteiger partial charge is 0.488 e. The minimum absolute atomic E-state index is 0.133. The van der Waals surface area contributed by atoms with Crippen LogP contribution in [0.15, 0.2) is 17.1 Å². The second kappa shape index (κ2) is 6.08. The van der Waals surface area contributed by atoms with Crippen LogP contribution in [0.1, 0.15) is 26.5 Å². The van der Waals surface area contributed by atoms with Crippen LogP contribution < -0.4 is 15.5 Å². The highest BCUT2D eigenvalue weighted by molar-refractivity contribution is 5.72. The van der Waals surface area contributed by atoms with Gasteiger partial charge in [-0.3, -0.25) is 9.59 Å². The molecule has 0 aliphatic heterocycles. The number of hydrogen-bond donors (Lipinski definition) is 2. The van der Waals surface area contributed by atoms with Gasteiger partial charge in [-0.25, -0.2) is 0 Å². The van der Waals surface area contributed by atoms with E-state index in [0.717, 1.165) is 0 Å². The quantitative estimate of drug-likeness (QED) is 0.805. The summed E-state index contributed by atoms with van der Waals surface area (Å²) in [5.74, 6) is 0.546. The first kappa shape index (κ1) is 13.3.